The number of carbonyl (C=O) groups excluding carboxylic acids is 2. The highest BCUT2D eigenvalue weighted by molar-refractivity contribution is 5.99. The quantitative estimate of drug-likeness (QED) is 0.574. The lowest BCUT2D eigenvalue weighted by molar-refractivity contribution is 0.0792. The number of rotatable bonds is 6. The lowest BCUT2D eigenvalue weighted by Crippen LogP contribution is -2.43. The molecular formula is C25H32N8O2. The Morgan fingerprint density at radius 2 is 1.91 bits per heavy atom. The fourth-order valence-electron chi connectivity index (χ4n) is 4.48. The molecule has 0 spiro atoms. The Balaban J connectivity index is 1.73. The summed E-state index contributed by atoms with van der Waals surface area (Å²) in [4.78, 5) is 38.1. The van der Waals surface area contributed by atoms with Gasteiger partial charge in [-0.25, -0.2) is 4.98 Å². The van der Waals surface area contributed by atoms with Gasteiger partial charge in [-0.15, -0.1) is 0 Å². The van der Waals surface area contributed by atoms with E-state index in [0.717, 1.165) is 32.2 Å². The number of primary amides is 1. The first-order chi connectivity index (χ1) is 16.7. The second kappa shape index (κ2) is 9.88. The van der Waals surface area contributed by atoms with Crippen LogP contribution in [0.1, 0.15) is 65.8 Å². The summed E-state index contributed by atoms with van der Waals surface area (Å²) in [6.45, 7) is 6.42. The Labute approximate surface area is 205 Å². The molecule has 0 aliphatic carbocycles. The zero-order chi connectivity index (χ0) is 25.2. The van der Waals surface area contributed by atoms with Crippen LogP contribution in [0.5, 0.6) is 0 Å². The summed E-state index contributed by atoms with van der Waals surface area (Å²) >= 11 is 0. The molecule has 1 aromatic heterocycles. The van der Waals surface area contributed by atoms with Gasteiger partial charge in [0.1, 0.15) is 11.4 Å². The molecule has 1 atom stereocenters. The lowest BCUT2D eigenvalue weighted by atomic mass is 9.85. The fourth-order valence-corrected chi connectivity index (χ4v) is 4.48. The molecule has 0 radical (unpaired) electrons. The molecule has 2 aromatic rings. The summed E-state index contributed by atoms with van der Waals surface area (Å²) in [5, 5.41) is 12.9. The second-order valence-electron chi connectivity index (χ2n) is 9.81. The third-order valence-corrected chi connectivity index (χ3v) is 6.62. The molecule has 184 valence electrons. The third-order valence-electron chi connectivity index (χ3n) is 6.62. The summed E-state index contributed by atoms with van der Waals surface area (Å²) in [5.41, 5.74) is 12.7. The average Bonchev–Trinajstić information content (AvgIpc) is 3.38. The van der Waals surface area contributed by atoms with Gasteiger partial charge >= 0.3 is 0 Å². The SMILES string of the molecule is CC(C)(C#N)c1cc(Nc2nc(N3CCC[C@H](N)C3)ncc2C(N)=O)cc(C(=O)N2CCCC2)c1. The van der Waals surface area contributed by atoms with Crippen LogP contribution in [0.4, 0.5) is 17.5 Å². The van der Waals surface area contributed by atoms with E-state index in [1.807, 2.05) is 9.80 Å². The van der Waals surface area contributed by atoms with Crippen molar-refractivity contribution in [3.8, 4) is 6.07 Å². The van der Waals surface area contributed by atoms with Gasteiger partial charge in [-0.3, -0.25) is 9.59 Å². The predicted molar refractivity (Wildman–Crippen MR) is 133 cm³/mol. The summed E-state index contributed by atoms with van der Waals surface area (Å²) in [6.07, 6.45) is 5.24. The van der Waals surface area contributed by atoms with Crippen molar-refractivity contribution >= 4 is 29.3 Å². The molecule has 1 aromatic carbocycles. The van der Waals surface area contributed by atoms with Crippen LogP contribution in [-0.4, -0.2) is 58.9 Å². The first kappa shape index (κ1) is 24.4. The minimum atomic E-state index is -0.828. The van der Waals surface area contributed by atoms with Gasteiger partial charge in [0.05, 0.1) is 11.5 Å². The molecule has 10 nitrogen and oxygen atoms in total. The Kier molecular flexibility index (Phi) is 6.89. The van der Waals surface area contributed by atoms with Crippen LogP contribution >= 0.6 is 0 Å². The monoisotopic (exact) mass is 476 g/mol. The van der Waals surface area contributed by atoms with E-state index in [1.54, 1.807) is 32.0 Å². The van der Waals surface area contributed by atoms with E-state index in [9.17, 15) is 14.9 Å². The Morgan fingerprint density at radius 1 is 1.17 bits per heavy atom. The van der Waals surface area contributed by atoms with Gasteiger partial charge < -0.3 is 26.6 Å². The van der Waals surface area contributed by atoms with E-state index in [2.05, 4.69) is 21.4 Å². The third kappa shape index (κ3) is 5.35. The molecule has 2 saturated heterocycles. The number of nitriles is 1. The highest BCUT2D eigenvalue weighted by Gasteiger charge is 2.26. The standard InChI is InChI=1S/C25H32N8O2/c1-25(2,15-26)17-10-16(23(35)32-7-3-4-8-32)11-19(12-17)30-22-20(21(28)34)13-29-24(31-22)33-9-5-6-18(27)14-33/h10-13,18H,3-9,14,27H2,1-2H3,(H2,28,34)(H,29,30,31)/t18-/m0/s1. The average molecular weight is 477 g/mol. The second-order valence-corrected chi connectivity index (χ2v) is 9.81. The van der Waals surface area contributed by atoms with Crippen molar-refractivity contribution in [2.75, 3.05) is 36.4 Å². The van der Waals surface area contributed by atoms with Crippen LogP contribution in [0.2, 0.25) is 0 Å². The number of hydrogen-bond donors (Lipinski definition) is 3. The van der Waals surface area contributed by atoms with Crippen molar-refractivity contribution in [2.45, 2.75) is 51.0 Å². The molecular weight excluding hydrogens is 444 g/mol. The Bertz CT molecular complexity index is 1170. The van der Waals surface area contributed by atoms with Gasteiger partial charge in [-0.1, -0.05) is 0 Å². The number of nitrogens with one attached hydrogen (secondary N) is 1. The molecule has 0 bridgehead atoms. The fraction of sp³-hybridized carbons (Fsp3) is 0.480. The van der Waals surface area contributed by atoms with Crippen molar-refractivity contribution in [3.63, 3.8) is 0 Å². The maximum atomic E-state index is 13.2. The molecule has 0 saturated carbocycles. The van der Waals surface area contributed by atoms with Crippen molar-refractivity contribution in [3.05, 3.63) is 41.1 Å². The number of hydrogen-bond acceptors (Lipinski definition) is 8. The van der Waals surface area contributed by atoms with Crippen LogP contribution < -0.4 is 21.7 Å². The number of likely N-dealkylation sites (tertiary alicyclic amines) is 1. The van der Waals surface area contributed by atoms with E-state index < -0.39 is 11.3 Å². The molecule has 2 fully saturated rings. The van der Waals surface area contributed by atoms with Gasteiger partial charge in [0.25, 0.3) is 11.8 Å². The van der Waals surface area contributed by atoms with Crippen LogP contribution in [0.3, 0.4) is 0 Å². The van der Waals surface area contributed by atoms with Crippen molar-refractivity contribution < 1.29 is 9.59 Å². The molecule has 3 heterocycles. The van der Waals surface area contributed by atoms with Gasteiger partial charge in [0.15, 0.2) is 0 Å². The van der Waals surface area contributed by atoms with E-state index in [-0.39, 0.29) is 23.3 Å². The number of nitrogens with zero attached hydrogens (tertiary/aromatic N) is 5. The summed E-state index contributed by atoms with van der Waals surface area (Å²) in [7, 11) is 0. The first-order valence-electron chi connectivity index (χ1n) is 12.0. The number of nitrogens with two attached hydrogens (primary N) is 2. The van der Waals surface area contributed by atoms with E-state index in [0.29, 0.717) is 42.4 Å². The van der Waals surface area contributed by atoms with Crippen LogP contribution in [0.15, 0.2) is 24.4 Å². The lowest BCUT2D eigenvalue weighted by Gasteiger charge is -2.31. The van der Waals surface area contributed by atoms with Gasteiger partial charge in [-0.2, -0.15) is 10.2 Å². The van der Waals surface area contributed by atoms with Crippen LogP contribution in [0, 0.1) is 11.3 Å². The predicted octanol–water partition coefficient (Wildman–Crippen LogP) is 2.28. The van der Waals surface area contributed by atoms with Gasteiger partial charge in [0, 0.05) is 49.7 Å². The van der Waals surface area contributed by atoms with Crippen molar-refractivity contribution in [1.82, 2.24) is 14.9 Å². The summed E-state index contributed by atoms with van der Waals surface area (Å²) in [5.74, 6) is -0.0547. The number of anilines is 3. The number of aromatic nitrogens is 2. The maximum Gasteiger partial charge on any atom is 0.254 e. The summed E-state index contributed by atoms with van der Waals surface area (Å²) < 4.78 is 0. The molecule has 2 amide bonds. The van der Waals surface area contributed by atoms with E-state index >= 15 is 0 Å². The highest BCUT2D eigenvalue weighted by Crippen LogP contribution is 2.30. The largest absolute Gasteiger partial charge is 0.365 e. The van der Waals surface area contributed by atoms with Crippen LogP contribution in [-0.2, 0) is 5.41 Å². The van der Waals surface area contributed by atoms with Crippen molar-refractivity contribution in [1.29, 1.82) is 5.26 Å². The van der Waals surface area contributed by atoms with E-state index in [1.165, 1.54) is 6.20 Å². The number of benzene rings is 1. The number of amides is 2. The topological polar surface area (TPSA) is 154 Å². The molecule has 0 unspecified atom stereocenters. The zero-order valence-electron chi connectivity index (χ0n) is 20.3. The first-order valence-corrected chi connectivity index (χ1v) is 12.0. The normalized spacial score (nSPS) is 18.3. The maximum absolute atomic E-state index is 13.2. The number of piperidine rings is 1. The Morgan fingerprint density at radius 3 is 2.57 bits per heavy atom. The molecule has 35 heavy (non-hydrogen) atoms. The van der Waals surface area contributed by atoms with Gasteiger partial charge in [-0.05, 0) is 63.3 Å². The number of carbonyl (C=O) groups is 2. The molecule has 2 aliphatic heterocycles. The highest BCUT2D eigenvalue weighted by atomic mass is 16.2. The molecule has 10 heteroatoms. The van der Waals surface area contributed by atoms with Gasteiger partial charge in [0.2, 0.25) is 5.95 Å². The smallest absolute Gasteiger partial charge is 0.254 e. The summed E-state index contributed by atoms with van der Waals surface area (Å²) in [6, 6.07) is 7.62. The van der Waals surface area contributed by atoms with Crippen LogP contribution in [0.25, 0.3) is 0 Å². The molecule has 5 N–H and O–H groups in total. The zero-order valence-corrected chi connectivity index (χ0v) is 20.3. The molecule has 2 aliphatic rings. The van der Waals surface area contributed by atoms with E-state index in [4.69, 9.17) is 11.5 Å². The Hall–Kier alpha value is -3.71. The minimum Gasteiger partial charge on any atom is -0.365 e. The minimum absolute atomic E-state index is 0.0311. The molecule has 4 rings (SSSR count). The van der Waals surface area contributed by atoms with Crippen molar-refractivity contribution in [2.24, 2.45) is 11.5 Å².